The van der Waals surface area contributed by atoms with Crippen molar-refractivity contribution in [3.05, 3.63) is 42.0 Å². The van der Waals surface area contributed by atoms with Gasteiger partial charge in [0.1, 0.15) is 0 Å². The third-order valence-corrected chi connectivity index (χ3v) is 4.91. The van der Waals surface area contributed by atoms with Crippen molar-refractivity contribution in [2.45, 2.75) is 51.2 Å². The molecule has 4 rings (SSSR count). The van der Waals surface area contributed by atoms with E-state index in [1.807, 2.05) is 41.6 Å². The Balaban J connectivity index is 1.79. The third-order valence-electron chi connectivity index (χ3n) is 4.91. The first kappa shape index (κ1) is 14.5. The lowest BCUT2D eigenvalue weighted by Gasteiger charge is -2.19. The summed E-state index contributed by atoms with van der Waals surface area (Å²) in [6.45, 7) is 5.70. The van der Waals surface area contributed by atoms with E-state index in [0.29, 0.717) is 11.7 Å². The quantitative estimate of drug-likeness (QED) is 0.948. The van der Waals surface area contributed by atoms with Crippen LogP contribution in [0, 0.1) is 0 Å². The number of rotatable bonds is 3. The zero-order valence-electron chi connectivity index (χ0n) is 13.7. The Morgan fingerprint density at radius 1 is 1.35 bits per heavy atom. The number of aliphatic hydroxyl groups excluding tert-OH is 1. The molecule has 1 unspecified atom stereocenters. The van der Waals surface area contributed by atoms with Crippen LogP contribution in [0.1, 0.15) is 51.0 Å². The molecule has 0 saturated heterocycles. The number of benzene rings is 1. The van der Waals surface area contributed by atoms with Gasteiger partial charge in [0.05, 0.1) is 29.2 Å². The summed E-state index contributed by atoms with van der Waals surface area (Å²) < 4.78 is 1.89. The lowest BCUT2D eigenvalue weighted by atomic mass is 9.86. The number of fused-ring (bicyclic) bond motifs is 1. The van der Waals surface area contributed by atoms with Crippen molar-refractivity contribution in [3.63, 3.8) is 0 Å². The molecule has 1 amide bonds. The van der Waals surface area contributed by atoms with Gasteiger partial charge in [-0.3, -0.25) is 4.79 Å². The molecule has 5 heteroatoms. The molecule has 0 spiro atoms. The van der Waals surface area contributed by atoms with Crippen LogP contribution < -0.4 is 4.90 Å². The summed E-state index contributed by atoms with van der Waals surface area (Å²) in [4.78, 5) is 19.0. The molecule has 1 aliphatic carbocycles. The van der Waals surface area contributed by atoms with E-state index in [4.69, 9.17) is 0 Å². The summed E-state index contributed by atoms with van der Waals surface area (Å²) in [7, 11) is 0. The van der Waals surface area contributed by atoms with Crippen molar-refractivity contribution in [2.75, 3.05) is 4.90 Å². The molecule has 2 aromatic rings. The van der Waals surface area contributed by atoms with E-state index in [1.165, 1.54) is 0 Å². The molecule has 1 fully saturated rings. The van der Waals surface area contributed by atoms with Gasteiger partial charge in [-0.15, -0.1) is 0 Å². The molecule has 1 atom stereocenters. The number of hydrogen-bond acceptors (Lipinski definition) is 3. The van der Waals surface area contributed by atoms with Crippen molar-refractivity contribution in [2.24, 2.45) is 0 Å². The Labute approximate surface area is 135 Å². The van der Waals surface area contributed by atoms with E-state index in [-0.39, 0.29) is 5.91 Å². The maximum absolute atomic E-state index is 12.8. The summed E-state index contributed by atoms with van der Waals surface area (Å²) in [6.07, 6.45) is 5.11. The highest BCUT2D eigenvalue weighted by Gasteiger charge is 2.48. The van der Waals surface area contributed by atoms with Gasteiger partial charge in [0.15, 0.2) is 0 Å². The minimum Gasteiger partial charge on any atom is -0.387 e. The van der Waals surface area contributed by atoms with Gasteiger partial charge >= 0.3 is 0 Å². The SMILES string of the molecule is CC(O)c1cn(-c2ccc3c(c2)N(C2CC2)C(=O)C3(C)C)cn1. The molecule has 2 aliphatic rings. The summed E-state index contributed by atoms with van der Waals surface area (Å²) in [5.41, 5.74) is 3.25. The minimum absolute atomic E-state index is 0.197. The molecule has 23 heavy (non-hydrogen) atoms. The van der Waals surface area contributed by atoms with Crippen LogP contribution in [0.15, 0.2) is 30.7 Å². The summed E-state index contributed by atoms with van der Waals surface area (Å²) in [5.74, 6) is 0.197. The average Bonchev–Trinajstić information content (AvgIpc) is 3.16. The normalized spacial score (nSPS) is 20.7. The Morgan fingerprint density at radius 3 is 2.70 bits per heavy atom. The summed E-state index contributed by atoms with van der Waals surface area (Å²) in [5, 5.41) is 9.64. The van der Waals surface area contributed by atoms with Gasteiger partial charge in [-0.05, 0) is 51.3 Å². The largest absolute Gasteiger partial charge is 0.387 e. The van der Waals surface area contributed by atoms with Crippen molar-refractivity contribution >= 4 is 11.6 Å². The van der Waals surface area contributed by atoms with Crippen LogP contribution in [0.5, 0.6) is 0 Å². The molecule has 2 heterocycles. The number of nitrogens with zero attached hydrogens (tertiary/aromatic N) is 3. The topological polar surface area (TPSA) is 58.4 Å². The molecule has 1 aromatic carbocycles. The number of hydrogen-bond donors (Lipinski definition) is 1. The fraction of sp³-hybridized carbons (Fsp3) is 0.444. The van der Waals surface area contributed by atoms with Gasteiger partial charge in [-0.1, -0.05) is 6.07 Å². The average molecular weight is 311 g/mol. The van der Waals surface area contributed by atoms with Gasteiger partial charge in [0, 0.05) is 17.9 Å². The molecule has 1 aliphatic heterocycles. The van der Waals surface area contributed by atoms with Crippen LogP contribution in [0.3, 0.4) is 0 Å². The van der Waals surface area contributed by atoms with Crippen molar-refractivity contribution in [1.82, 2.24) is 9.55 Å². The van der Waals surface area contributed by atoms with Gasteiger partial charge in [0.25, 0.3) is 0 Å². The fourth-order valence-corrected chi connectivity index (χ4v) is 3.32. The first-order valence-corrected chi connectivity index (χ1v) is 8.10. The Hall–Kier alpha value is -2.14. The van der Waals surface area contributed by atoms with E-state index >= 15 is 0 Å². The lowest BCUT2D eigenvalue weighted by molar-refractivity contribution is -0.122. The second kappa shape index (κ2) is 4.68. The lowest BCUT2D eigenvalue weighted by Crippen LogP contribution is -2.37. The summed E-state index contributed by atoms with van der Waals surface area (Å²) in [6, 6.07) is 6.48. The number of carbonyl (C=O) groups is 1. The number of amides is 1. The highest BCUT2D eigenvalue weighted by Crippen LogP contribution is 2.47. The molecule has 120 valence electrons. The Bertz CT molecular complexity index is 787. The van der Waals surface area contributed by atoms with Gasteiger partial charge in [-0.25, -0.2) is 4.98 Å². The van der Waals surface area contributed by atoms with Crippen molar-refractivity contribution < 1.29 is 9.90 Å². The fourth-order valence-electron chi connectivity index (χ4n) is 3.32. The summed E-state index contributed by atoms with van der Waals surface area (Å²) >= 11 is 0. The molecule has 0 bridgehead atoms. The molecule has 1 saturated carbocycles. The Morgan fingerprint density at radius 2 is 2.09 bits per heavy atom. The molecule has 1 aromatic heterocycles. The van der Waals surface area contributed by atoms with Crippen LogP contribution in [-0.2, 0) is 10.2 Å². The van der Waals surface area contributed by atoms with Gasteiger partial charge < -0.3 is 14.6 Å². The first-order chi connectivity index (χ1) is 10.9. The zero-order valence-corrected chi connectivity index (χ0v) is 13.7. The van der Waals surface area contributed by atoms with Crippen molar-refractivity contribution in [1.29, 1.82) is 0 Å². The van der Waals surface area contributed by atoms with Gasteiger partial charge in [-0.2, -0.15) is 0 Å². The van der Waals surface area contributed by atoms with Crippen molar-refractivity contribution in [3.8, 4) is 5.69 Å². The van der Waals surface area contributed by atoms with Crippen LogP contribution in [0.25, 0.3) is 5.69 Å². The maximum atomic E-state index is 12.8. The predicted molar refractivity (Wildman–Crippen MR) is 87.7 cm³/mol. The molecule has 1 N–H and O–H groups in total. The molecular formula is C18H21N3O2. The van der Waals surface area contributed by atoms with Gasteiger partial charge in [0.2, 0.25) is 5.91 Å². The number of anilines is 1. The monoisotopic (exact) mass is 311 g/mol. The van der Waals surface area contributed by atoms with Crippen LogP contribution in [0.4, 0.5) is 5.69 Å². The minimum atomic E-state index is -0.589. The zero-order chi connectivity index (χ0) is 16.4. The molecule has 5 nitrogen and oxygen atoms in total. The standard InChI is InChI=1S/C18H21N3O2/c1-11(22)15-9-20(10-19-15)13-6-7-14-16(8-13)21(12-4-5-12)17(23)18(14,2)3/h6-12,22H,4-5H2,1-3H3. The highest BCUT2D eigenvalue weighted by molar-refractivity contribution is 6.08. The second-order valence-electron chi connectivity index (χ2n) is 7.11. The van der Waals surface area contributed by atoms with E-state index in [9.17, 15) is 9.90 Å². The second-order valence-corrected chi connectivity index (χ2v) is 7.11. The van der Waals surface area contributed by atoms with Crippen LogP contribution in [0.2, 0.25) is 0 Å². The van der Waals surface area contributed by atoms with E-state index in [1.54, 1.807) is 13.3 Å². The van der Waals surface area contributed by atoms with Crippen LogP contribution >= 0.6 is 0 Å². The smallest absolute Gasteiger partial charge is 0.237 e. The predicted octanol–water partition coefficient (Wildman–Crippen LogP) is 2.71. The molecule has 0 radical (unpaired) electrons. The number of imidazole rings is 1. The maximum Gasteiger partial charge on any atom is 0.237 e. The van der Waals surface area contributed by atoms with E-state index in [2.05, 4.69) is 11.1 Å². The number of aromatic nitrogens is 2. The van der Waals surface area contributed by atoms with E-state index in [0.717, 1.165) is 29.8 Å². The highest BCUT2D eigenvalue weighted by atomic mass is 16.3. The van der Waals surface area contributed by atoms with Crippen LogP contribution in [-0.4, -0.2) is 26.6 Å². The third kappa shape index (κ3) is 2.10. The Kier molecular flexibility index (Phi) is 2.94. The number of carbonyl (C=O) groups excluding carboxylic acids is 1. The van der Waals surface area contributed by atoms with E-state index < -0.39 is 11.5 Å². The first-order valence-electron chi connectivity index (χ1n) is 8.10. The molecular weight excluding hydrogens is 290 g/mol. The number of aliphatic hydroxyl groups is 1.